The van der Waals surface area contributed by atoms with E-state index in [0.717, 1.165) is 0 Å². The Labute approximate surface area is 115 Å². The number of halogens is 2. The van der Waals surface area contributed by atoms with Crippen LogP contribution in [-0.4, -0.2) is 0 Å². The average Bonchev–Trinajstić information content (AvgIpc) is 2.40. The van der Waals surface area contributed by atoms with Gasteiger partial charge in [0.25, 0.3) is 0 Å². The standard InChI is InChI=1S/C16H12F2S/c17-15(11-13-7-3-1-4-8-13)19-16(18)12-14-9-5-2-6-10-14/h1-12H. The van der Waals surface area contributed by atoms with Gasteiger partial charge in [0, 0.05) is 0 Å². The first-order valence-electron chi connectivity index (χ1n) is 5.76. The first-order valence-corrected chi connectivity index (χ1v) is 6.58. The highest BCUT2D eigenvalue weighted by atomic mass is 32.2. The Hall–Kier alpha value is -1.87. The molecular formula is C16H12F2S. The van der Waals surface area contributed by atoms with Gasteiger partial charge in [0.2, 0.25) is 0 Å². The second-order valence-electron chi connectivity index (χ2n) is 3.82. The van der Waals surface area contributed by atoms with E-state index in [1.807, 2.05) is 12.1 Å². The molecule has 0 aliphatic carbocycles. The molecule has 0 spiro atoms. The van der Waals surface area contributed by atoms with E-state index in [0.29, 0.717) is 22.9 Å². The number of hydrogen-bond acceptors (Lipinski definition) is 1. The minimum absolute atomic E-state index is 0.478. The zero-order valence-corrected chi connectivity index (χ0v) is 10.9. The van der Waals surface area contributed by atoms with Crippen molar-refractivity contribution in [3.05, 3.63) is 82.1 Å². The quantitative estimate of drug-likeness (QED) is 0.693. The van der Waals surface area contributed by atoms with Crippen molar-refractivity contribution in [2.24, 2.45) is 0 Å². The smallest absolute Gasteiger partial charge is 0.164 e. The van der Waals surface area contributed by atoms with Crippen LogP contribution in [0.15, 0.2) is 71.0 Å². The molecule has 0 saturated carbocycles. The molecule has 96 valence electrons. The highest BCUT2D eigenvalue weighted by Gasteiger charge is 2.02. The Morgan fingerprint density at radius 3 is 1.42 bits per heavy atom. The van der Waals surface area contributed by atoms with Crippen LogP contribution in [0, 0.1) is 0 Å². The summed E-state index contributed by atoms with van der Waals surface area (Å²) in [6.07, 6.45) is 2.62. The first-order chi connectivity index (χ1) is 9.24. The van der Waals surface area contributed by atoms with Gasteiger partial charge in [-0.2, -0.15) is 8.78 Å². The lowest BCUT2D eigenvalue weighted by Crippen LogP contribution is -1.73. The molecule has 0 aromatic heterocycles. The van der Waals surface area contributed by atoms with Crippen LogP contribution in [0.25, 0.3) is 12.2 Å². The van der Waals surface area contributed by atoms with Crippen LogP contribution in [0.1, 0.15) is 11.1 Å². The monoisotopic (exact) mass is 274 g/mol. The van der Waals surface area contributed by atoms with Gasteiger partial charge in [-0.3, -0.25) is 0 Å². The third-order valence-corrected chi connectivity index (χ3v) is 2.98. The van der Waals surface area contributed by atoms with Gasteiger partial charge >= 0.3 is 0 Å². The number of rotatable bonds is 4. The van der Waals surface area contributed by atoms with Crippen LogP contribution in [-0.2, 0) is 0 Å². The van der Waals surface area contributed by atoms with Crippen molar-refractivity contribution in [1.82, 2.24) is 0 Å². The number of thioether (sulfide) groups is 1. The largest absolute Gasteiger partial charge is 0.199 e. The van der Waals surface area contributed by atoms with Crippen LogP contribution in [0.4, 0.5) is 8.78 Å². The molecule has 0 fully saturated rings. The SMILES string of the molecule is FC(=Cc1ccccc1)SC(F)=Cc1ccccc1. The van der Waals surface area contributed by atoms with Crippen LogP contribution >= 0.6 is 11.8 Å². The molecule has 2 rings (SSSR count). The van der Waals surface area contributed by atoms with Crippen LogP contribution in [0.2, 0.25) is 0 Å². The van der Waals surface area contributed by atoms with Gasteiger partial charge in [-0.25, -0.2) is 0 Å². The average molecular weight is 274 g/mol. The molecule has 0 bridgehead atoms. The summed E-state index contributed by atoms with van der Waals surface area (Å²) in [5.41, 5.74) is 1.42. The fourth-order valence-corrected chi connectivity index (χ4v) is 2.09. The summed E-state index contributed by atoms with van der Waals surface area (Å²) in [5, 5.41) is -1.15. The van der Waals surface area contributed by atoms with E-state index in [4.69, 9.17) is 0 Å². The number of hydrogen-bond donors (Lipinski definition) is 0. The van der Waals surface area contributed by atoms with Gasteiger partial charge in [0.05, 0.1) is 0 Å². The van der Waals surface area contributed by atoms with E-state index in [9.17, 15) is 8.78 Å². The predicted octanol–water partition coefficient (Wildman–Crippen LogP) is 5.66. The molecule has 0 atom stereocenters. The van der Waals surface area contributed by atoms with Gasteiger partial charge in [0.15, 0.2) is 10.3 Å². The molecule has 3 heteroatoms. The molecule has 0 radical (unpaired) electrons. The molecule has 19 heavy (non-hydrogen) atoms. The summed E-state index contributed by atoms with van der Waals surface area (Å²) < 4.78 is 27.2. The normalized spacial score (nSPS) is 12.5. The molecule has 0 aliphatic heterocycles. The van der Waals surface area contributed by atoms with Crippen LogP contribution < -0.4 is 0 Å². The topological polar surface area (TPSA) is 0 Å². The highest BCUT2D eigenvalue weighted by molar-refractivity contribution is 8.06. The fourth-order valence-electron chi connectivity index (χ4n) is 1.51. The van der Waals surface area contributed by atoms with Gasteiger partial charge in [-0.15, -0.1) is 0 Å². The van der Waals surface area contributed by atoms with Gasteiger partial charge < -0.3 is 0 Å². The van der Waals surface area contributed by atoms with Crippen molar-refractivity contribution < 1.29 is 8.78 Å². The van der Waals surface area contributed by atoms with E-state index >= 15 is 0 Å². The van der Waals surface area contributed by atoms with Gasteiger partial charge in [-0.1, -0.05) is 60.7 Å². The van der Waals surface area contributed by atoms with Crippen molar-refractivity contribution in [3.8, 4) is 0 Å². The maximum Gasteiger partial charge on any atom is 0.164 e. The summed E-state index contributed by atoms with van der Waals surface area (Å²) in [6, 6.07) is 18.0. The van der Waals surface area contributed by atoms with Gasteiger partial charge in [-0.05, 0) is 35.0 Å². The van der Waals surface area contributed by atoms with Crippen molar-refractivity contribution in [2.75, 3.05) is 0 Å². The lowest BCUT2D eigenvalue weighted by molar-refractivity contribution is 0.688. The van der Waals surface area contributed by atoms with Crippen molar-refractivity contribution in [1.29, 1.82) is 0 Å². The summed E-state index contributed by atoms with van der Waals surface area (Å²) in [7, 11) is 0. The molecule has 0 aliphatic rings. The zero-order chi connectivity index (χ0) is 13.5. The Balaban J connectivity index is 2.05. The van der Waals surface area contributed by atoms with Gasteiger partial charge in [0.1, 0.15) is 0 Å². The van der Waals surface area contributed by atoms with Crippen molar-refractivity contribution in [3.63, 3.8) is 0 Å². The Bertz CT molecular complexity index is 521. The zero-order valence-electron chi connectivity index (χ0n) is 10.1. The molecule has 0 amide bonds. The van der Waals surface area contributed by atoms with E-state index in [-0.39, 0.29) is 0 Å². The summed E-state index contributed by atoms with van der Waals surface area (Å²) in [5.74, 6) is 0. The first kappa shape index (κ1) is 13.6. The minimum Gasteiger partial charge on any atom is -0.199 e. The van der Waals surface area contributed by atoms with E-state index in [1.165, 1.54) is 12.2 Å². The lowest BCUT2D eigenvalue weighted by atomic mass is 10.2. The molecular weight excluding hydrogens is 262 g/mol. The van der Waals surface area contributed by atoms with E-state index in [1.54, 1.807) is 48.5 Å². The second-order valence-corrected chi connectivity index (χ2v) is 4.80. The molecule has 0 heterocycles. The molecule has 0 saturated heterocycles. The van der Waals surface area contributed by atoms with Crippen LogP contribution in [0.3, 0.4) is 0 Å². The maximum atomic E-state index is 13.6. The third kappa shape index (κ3) is 4.72. The Kier molecular flexibility index (Phi) is 4.93. The lowest BCUT2D eigenvalue weighted by Gasteiger charge is -1.97. The van der Waals surface area contributed by atoms with Crippen LogP contribution in [0.5, 0.6) is 0 Å². The van der Waals surface area contributed by atoms with Crippen molar-refractivity contribution in [2.45, 2.75) is 0 Å². The summed E-state index contributed by atoms with van der Waals surface area (Å²) in [6.45, 7) is 0. The number of benzene rings is 2. The molecule has 0 unspecified atom stereocenters. The van der Waals surface area contributed by atoms with E-state index in [2.05, 4.69) is 0 Å². The predicted molar refractivity (Wildman–Crippen MR) is 78.6 cm³/mol. The Morgan fingerprint density at radius 2 is 1.05 bits per heavy atom. The van der Waals surface area contributed by atoms with Crippen molar-refractivity contribution >= 4 is 23.9 Å². The molecule has 2 aromatic rings. The van der Waals surface area contributed by atoms with E-state index < -0.39 is 10.3 Å². The Morgan fingerprint density at radius 1 is 0.684 bits per heavy atom. The molecule has 0 N–H and O–H groups in total. The molecule has 0 nitrogen and oxygen atoms in total. The maximum absolute atomic E-state index is 13.6. The second kappa shape index (κ2) is 6.90. The minimum atomic E-state index is -0.573. The fraction of sp³-hybridized carbons (Fsp3) is 0. The third-order valence-electron chi connectivity index (χ3n) is 2.35. The summed E-state index contributed by atoms with van der Waals surface area (Å²) in [4.78, 5) is 0. The highest BCUT2D eigenvalue weighted by Crippen LogP contribution is 2.30. The molecule has 2 aromatic carbocycles. The summed E-state index contributed by atoms with van der Waals surface area (Å²) >= 11 is 0.478.